The van der Waals surface area contributed by atoms with Crippen LogP contribution in [0.4, 0.5) is 5.69 Å². The van der Waals surface area contributed by atoms with Crippen molar-refractivity contribution < 1.29 is 5.11 Å². The van der Waals surface area contributed by atoms with Gasteiger partial charge in [-0.2, -0.15) is 0 Å². The second-order valence-corrected chi connectivity index (χ2v) is 5.59. The highest BCUT2D eigenvalue weighted by molar-refractivity contribution is 6.31. The topological polar surface area (TPSA) is 32.3 Å². The van der Waals surface area contributed by atoms with Crippen LogP contribution in [0.15, 0.2) is 18.2 Å². The molecule has 2 N–H and O–H groups in total. The smallest absolute Gasteiger partial charge is 0.0630 e. The molecule has 0 heterocycles. The fraction of sp³-hybridized carbons (Fsp3) is 0.538. The molecule has 1 aliphatic carbocycles. The van der Waals surface area contributed by atoms with Crippen LogP contribution in [-0.4, -0.2) is 17.3 Å². The average molecular weight is 240 g/mol. The highest BCUT2D eigenvalue weighted by Crippen LogP contribution is 2.42. The zero-order chi connectivity index (χ0) is 11.9. The normalized spacial score (nSPS) is 27.3. The summed E-state index contributed by atoms with van der Waals surface area (Å²) in [4.78, 5) is 0. The molecule has 88 valence electrons. The van der Waals surface area contributed by atoms with Crippen molar-refractivity contribution in [2.75, 3.05) is 5.32 Å². The zero-order valence-corrected chi connectivity index (χ0v) is 10.7. The number of aliphatic hydroxyl groups is 1. The summed E-state index contributed by atoms with van der Waals surface area (Å²) < 4.78 is 0. The first-order valence-corrected chi connectivity index (χ1v) is 6.00. The highest BCUT2D eigenvalue weighted by atomic mass is 35.5. The number of halogens is 1. The maximum atomic E-state index is 9.68. The third-order valence-electron chi connectivity index (χ3n) is 3.81. The Hall–Kier alpha value is -0.730. The lowest BCUT2D eigenvalue weighted by atomic mass is 9.64. The predicted octanol–water partition coefficient (Wildman–Crippen LogP) is 3.22. The first-order chi connectivity index (χ1) is 7.43. The van der Waals surface area contributed by atoms with Crippen LogP contribution in [0, 0.1) is 12.3 Å². The van der Waals surface area contributed by atoms with Gasteiger partial charge in [0.2, 0.25) is 0 Å². The molecule has 1 fully saturated rings. The summed E-state index contributed by atoms with van der Waals surface area (Å²) in [6.07, 6.45) is 0.600. The summed E-state index contributed by atoms with van der Waals surface area (Å²) in [6, 6.07) is 6.18. The fourth-order valence-corrected chi connectivity index (χ4v) is 2.27. The van der Waals surface area contributed by atoms with Crippen molar-refractivity contribution in [2.24, 2.45) is 5.41 Å². The van der Waals surface area contributed by atoms with Gasteiger partial charge in [-0.3, -0.25) is 0 Å². The molecule has 2 rings (SSSR count). The number of nitrogens with one attached hydrogen (secondary N) is 1. The third kappa shape index (κ3) is 1.80. The summed E-state index contributed by atoms with van der Waals surface area (Å²) in [7, 11) is 0. The minimum atomic E-state index is -0.204. The SMILES string of the molecule is Cc1c(Cl)cccc1NC1CC(O)C1(C)C. The first-order valence-electron chi connectivity index (χ1n) is 5.62. The molecule has 1 aliphatic rings. The van der Waals surface area contributed by atoms with E-state index in [-0.39, 0.29) is 11.5 Å². The average Bonchev–Trinajstić information content (AvgIpc) is 2.24. The van der Waals surface area contributed by atoms with Crippen molar-refractivity contribution in [3.05, 3.63) is 28.8 Å². The van der Waals surface area contributed by atoms with Crippen LogP contribution in [0.2, 0.25) is 5.02 Å². The molecule has 0 aliphatic heterocycles. The van der Waals surface area contributed by atoms with Crippen molar-refractivity contribution in [2.45, 2.75) is 39.3 Å². The van der Waals surface area contributed by atoms with Gasteiger partial charge >= 0.3 is 0 Å². The lowest BCUT2D eigenvalue weighted by molar-refractivity contribution is -0.0510. The molecule has 2 unspecified atom stereocenters. The number of hydrogen-bond acceptors (Lipinski definition) is 2. The largest absolute Gasteiger partial charge is 0.392 e. The van der Waals surface area contributed by atoms with Crippen LogP contribution < -0.4 is 5.32 Å². The van der Waals surface area contributed by atoms with Gasteiger partial charge in [0.05, 0.1) is 6.10 Å². The van der Waals surface area contributed by atoms with Gasteiger partial charge in [0.15, 0.2) is 0 Å². The molecule has 16 heavy (non-hydrogen) atoms. The third-order valence-corrected chi connectivity index (χ3v) is 4.22. The predicted molar refractivity (Wildman–Crippen MR) is 68.0 cm³/mol. The van der Waals surface area contributed by atoms with E-state index in [1.807, 2.05) is 25.1 Å². The van der Waals surface area contributed by atoms with Gasteiger partial charge in [0.1, 0.15) is 0 Å². The Kier molecular flexibility index (Phi) is 2.89. The Morgan fingerprint density at radius 2 is 2.12 bits per heavy atom. The van der Waals surface area contributed by atoms with Crippen LogP contribution >= 0.6 is 11.6 Å². The minimum Gasteiger partial charge on any atom is -0.392 e. The lowest BCUT2D eigenvalue weighted by Gasteiger charge is -2.50. The number of anilines is 1. The Bertz CT molecular complexity index is 403. The van der Waals surface area contributed by atoms with Gasteiger partial charge in [-0.05, 0) is 31.0 Å². The van der Waals surface area contributed by atoms with E-state index in [2.05, 4.69) is 19.2 Å². The molecule has 0 aromatic heterocycles. The highest BCUT2D eigenvalue weighted by Gasteiger charge is 2.47. The van der Waals surface area contributed by atoms with Crippen LogP contribution in [0.5, 0.6) is 0 Å². The van der Waals surface area contributed by atoms with E-state index in [9.17, 15) is 5.11 Å². The molecule has 1 saturated carbocycles. The molecule has 2 atom stereocenters. The molecule has 1 aromatic carbocycles. The zero-order valence-electron chi connectivity index (χ0n) is 9.92. The molecule has 0 bridgehead atoms. The van der Waals surface area contributed by atoms with Gasteiger partial charge in [0.25, 0.3) is 0 Å². The standard InChI is InChI=1S/C13H18ClNO/c1-8-9(14)5-4-6-10(8)15-11-7-12(16)13(11,2)3/h4-6,11-12,15-16H,7H2,1-3H3. The van der Waals surface area contributed by atoms with Gasteiger partial charge in [-0.1, -0.05) is 31.5 Å². The van der Waals surface area contributed by atoms with Gasteiger partial charge in [-0.15, -0.1) is 0 Å². The monoisotopic (exact) mass is 239 g/mol. The first kappa shape index (κ1) is 11.7. The molecule has 1 aromatic rings. The Labute approximate surface area is 102 Å². The molecule has 0 amide bonds. The van der Waals surface area contributed by atoms with Crippen LogP contribution in [-0.2, 0) is 0 Å². The summed E-state index contributed by atoms with van der Waals surface area (Å²) in [6.45, 7) is 6.17. The van der Waals surface area contributed by atoms with Crippen molar-refractivity contribution >= 4 is 17.3 Å². The van der Waals surface area contributed by atoms with E-state index < -0.39 is 0 Å². The Morgan fingerprint density at radius 1 is 1.44 bits per heavy atom. The summed E-state index contributed by atoms with van der Waals surface area (Å²) >= 11 is 6.07. The van der Waals surface area contributed by atoms with Gasteiger partial charge in [-0.25, -0.2) is 0 Å². The number of aliphatic hydroxyl groups excluding tert-OH is 1. The lowest BCUT2D eigenvalue weighted by Crippen LogP contribution is -2.56. The van der Waals surface area contributed by atoms with Crippen molar-refractivity contribution in [3.8, 4) is 0 Å². The van der Waals surface area contributed by atoms with Crippen molar-refractivity contribution in [1.29, 1.82) is 0 Å². The van der Waals surface area contributed by atoms with Crippen molar-refractivity contribution in [3.63, 3.8) is 0 Å². The van der Waals surface area contributed by atoms with E-state index in [1.165, 1.54) is 0 Å². The maximum Gasteiger partial charge on any atom is 0.0630 e. The summed E-state index contributed by atoms with van der Waals surface area (Å²) in [5.41, 5.74) is 2.08. The molecule has 0 saturated heterocycles. The minimum absolute atomic E-state index is 0.0608. The maximum absolute atomic E-state index is 9.68. The number of hydrogen-bond donors (Lipinski definition) is 2. The Balaban J connectivity index is 2.14. The molecule has 0 spiro atoms. The van der Waals surface area contributed by atoms with Gasteiger partial charge < -0.3 is 10.4 Å². The number of benzene rings is 1. The second-order valence-electron chi connectivity index (χ2n) is 5.18. The van der Waals surface area contributed by atoms with Crippen molar-refractivity contribution in [1.82, 2.24) is 0 Å². The van der Waals surface area contributed by atoms with Crippen LogP contribution in [0.25, 0.3) is 0 Å². The summed E-state index contributed by atoms with van der Waals surface area (Å²) in [5, 5.41) is 13.9. The van der Waals surface area contributed by atoms with E-state index in [0.29, 0.717) is 6.04 Å². The molecule has 3 heteroatoms. The molecule has 0 radical (unpaired) electrons. The number of rotatable bonds is 2. The van der Waals surface area contributed by atoms with E-state index in [1.54, 1.807) is 0 Å². The molecular weight excluding hydrogens is 222 g/mol. The van der Waals surface area contributed by atoms with E-state index >= 15 is 0 Å². The van der Waals surface area contributed by atoms with E-state index in [0.717, 1.165) is 22.7 Å². The summed E-state index contributed by atoms with van der Waals surface area (Å²) in [5.74, 6) is 0. The fourth-order valence-electron chi connectivity index (χ4n) is 2.10. The van der Waals surface area contributed by atoms with E-state index in [4.69, 9.17) is 11.6 Å². The Morgan fingerprint density at radius 3 is 2.69 bits per heavy atom. The molecule has 2 nitrogen and oxygen atoms in total. The van der Waals surface area contributed by atoms with Crippen LogP contribution in [0.3, 0.4) is 0 Å². The van der Waals surface area contributed by atoms with Gasteiger partial charge in [0, 0.05) is 22.2 Å². The quantitative estimate of drug-likeness (QED) is 0.831. The second kappa shape index (κ2) is 3.94. The molecular formula is C13H18ClNO. The van der Waals surface area contributed by atoms with Crippen LogP contribution in [0.1, 0.15) is 25.8 Å².